The molecule has 0 radical (unpaired) electrons. The monoisotopic (exact) mass is 254 g/mol. The molecule has 0 bridgehead atoms. The van der Waals surface area contributed by atoms with Crippen LogP contribution >= 0.6 is 11.8 Å². The molecule has 1 aliphatic carbocycles. The van der Waals surface area contributed by atoms with E-state index >= 15 is 0 Å². The zero-order chi connectivity index (χ0) is 11.9. The van der Waals surface area contributed by atoms with E-state index in [4.69, 9.17) is 0 Å². The number of carboxylic acid groups (broad SMARTS) is 1. The number of thioether (sulfide) groups is 1. The summed E-state index contributed by atoms with van der Waals surface area (Å²) in [6, 6.07) is 0. The molecule has 17 heavy (non-hydrogen) atoms. The minimum Gasteiger partial charge on any atom is -0.481 e. The molecule has 1 unspecified atom stereocenters. The lowest BCUT2D eigenvalue weighted by molar-refractivity contribution is -0.144. The van der Waals surface area contributed by atoms with Crippen molar-refractivity contribution < 1.29 is 9.90 Å². The van der Waals surface area contributed by atoms with E-state index in [2.05, 4.69) is 15.5 Å². The lowest BCUT2D eigenvalue weighted by atomic mass is 10.1. The normalized spacial score (nSPS) is 26.0. The third-order valence-electron chi connectivity index (χ3n) is 3.61. The maximum Gasteiger partial charge on any atom is 0.311 e. The molecular formula is C10H14N4O2S. The molecule has 7 heteroatoms. The van der Waals surface area contributed by atoms with Gasteiger partial charge in [-0.2, -0.15) is 11.8 Å². The van der Waals surface area contributed by atoms with Gasteiger partial charge in [0, 0.05) is 11.7 Å². The van der Waals surface area contributed by atoms with Gasteiger partial charge in [-0.25, -0.2) is 4.68 Å². The molecule has 0 aromatic carbocycles. The second kappa shape index (κ2) is 3.97. The summed E-state index contributed by atoms with van der Waals surface area (Å²) in [7, 11) is 0. The van der Waals surface area contributed by atoms with Crippen LogP contribution in [-0.4, -0.2) is 42.8 Å². The third-order valence-corrected chi connectivity index (χ3v) is 4.78. The Bertz CT molecular complexity index is 437. The van der Waals surface area contributed by atoms with Crippen molar-refractivity contribution in [3.8, 4) is 0 Å². The zero-order valence-electron chi connectivity index (χ0n) is 9.37. The highest BCUT2D eigenvalue weighted by Crippen LogP contribution is 2.47. The van der Waals surface area contributed by atoms with Gasteiger partial charge >= 0.3 is 5.97 Å². The molecule has 1 saturated heterocycles. The number of nitrogens with zero attached hydrogens (tertiary/aromatic N) is 4. The van der Waals surface area contributed by atoms with E-state index in [1.807, 2.05) is 11.8 Å². The van der Waals surface area contributed by atoms with Crippen LogP contribution in [0.5, 0.6) is 0 Å². The van der Waals surface area contributed by atoms with Gasteiger partial charge in [0.25, 0.3) is 0 Å². The van der Waals surface area contributed by atoms with Crippen LogP contribution in [0.3, 0.4) is 0 Å². The molecule has 92 valence electrons. The minimum atomic E-state index is -0.722. The number of tetrazole rings is 1. The Kier molecular flexibility index (Phi) is 2.57. The predicted molar refractivity (Wildman–Crippen MR) is 61.8 cm³/mol. The molecule has 1 N–H and O–H groups in total. The summed E-state index contributed by atoms with van der Waals surface area (Å²) in [5, 5.41) is 20.9. The van der Waals surface area contributed by atoms with Crippen LogP contribution in [-0.2, 0) is 11.3 Å². The highest BCUT2D eigenvalue weighted by atomic mass is 32.2. The van der Waals surface area contributed by atoms with Gasteiger partial charge in [-0.15, -0.1) is 5.10 Å². The van der Waals surface area contributed by atoms with Crippen LogP contribution in [0.25, 0.3) is 0 Å². The van der Waals surface area contributed by atoms with E-state index in [-0.39, 0.29) is 0 Å². The number of hydrogen-bond donors (Lipinski definition) is 1. The van der Waals surface area contributed by atoms with E-state index in [1.165, 1.54) is 0 Å². The lowest BCUT2D eigenvalue weighted by Gasteiger charge is -2.13. The second-order valence-electron chi connectivity index (χ2n) is 4.84. The molecule has 2 heterocycles. The highest BCUT2D eigenvalue weighted by molar-refractivity contribution is 7.99. The van der Waals surface area contributed by atoms with Crippen LogP contribution in [0.1, 0.15) is 31.0 Å². The maximum absolute atomic E-state index is 11.2. The highest BCUT2D eigenvalue weighted by Gasteiger charge is 2.51. The quantitative estimate of drug-likeness (QED) is 0.854. The molecule has 1 aliphatic heterocycles. The molecule has 0 amide bonds. The molecule has 1 atom stereocenters. The molecule has 6 nitrogen and oxygen atoms in total. The number of hydrogen-bond acceptors (Lipinski definition) is 5. The predicted octanol–water partition coefficient (Wildman–Crippen LogP) is 0.758. The number of aromatic nitrogens is 4. The molecule has 1 saturated carbocycles. The van der Waals surface area contributed by atoms with Crippen molar-refractivity contribution in [3.63, 3.8) is 0 Å². The number of rotatable bonds is 4. The van der Waals surface area contributed by atoms with E-state index < -0.39 is 11.4 Å². The van der Waals surface area contributed by atoms with Crippen molar-refractivity contribution in [2.24, 2.45) is 5.41 Å². The molecular weight excluding hydrogens is 240 g/mol. The summed E-state index contributed by atoms with van der Waals surface area (Å²) in [6.45, 7) is 0.422. The fraction of sp³-hybridized carbons (Fsp3) is 0.800. The van der Waals surface area contributed by atoms with Crippen molar-refractivity contribution in [2.45, 2.75) is 31.7 Å². The second-order valence-corrected chi connectivity index (χ2v) is 5.99. The number of carbonyl (C=O) groups is 1. The summed E-state index contributed by atoms with van der Waals surface area (Å²) < 4.78 is 1.71. The first kappa shape index (κ1) is 11.0. The maximum atomic E-state index is 11.2. The SMILES string of the molecule is O=C(O)C1(Cn2nnnc2C2CCSC2)CC1. The van der Waals surface area contributed by atoms with E-state index in [0.29, 0.717) is 12.5 Å². The van der Waals surface area contributed by atoms with Crippen LogP contribution in [0, 0.1) is 5.41 Å². The average Bonchev–Trinajstić information content (AvgIpc) is 2.75. The molecule has 3 rings (SSSR count). The first-order chi connectivity index (χ1) is 8.21. The molecule has 1 aromatic rings. The Balaban J connectivity index is 1.79. The van der Waals surface area contributed by atoms with Gasteiger partial charge < -0.3 is 5.11 Å². The van der Waals surface area contributed by atoms with Crippen molar-refractivity contribution >= 4 is 17.7 Å². The third kappa shape index (κ3) is 1.92. The van der Waals surface area contributed by atoms with E-state index in [0.717, 1.165) is 36.6 Å². The van der Waals surface area contributed by atoms with Crippen molar-refractivity contribution in [1.82, 2.24) is 20.2 Å². The van der Waals surface area contributed by atoms with E-state index in [1.54, 1.807) is 4.68 Å². The van der Waals surface area contributed by atoms with Crippen LogP contribution in [0.4, 0.5) is 0 Å². The standard InChI is InChI=1S/C10H14N4O2S/c15-9(16)10(2-3-10)6-14-8(11-12-13-14)7-1-4-17-5-7/h7H,1-6H2,(H,15,16). The topological polar surface area (TPSA) is 80.9 Å². The summed E-state index contributed by atoms with van der Waals surface area (Å²) >= 11 is 1.90. The van der Waals surface area contributed by atoms with Gasteiger partial charge in [0.15, 0.2) is 5.82 Å². The first-order valence-corrected chi connectivity index (χ1v) is 6.94. The first-order valence-electron chi connectivity index (χ1n) is 5.78. The number of aliphatic carboxylic acids is 1. The van der Waals surface area contributed by atoms with Crippen molar-refractivity contribution in [3.05, 3.63) is 5.82 Å². The Morgan fingerprint density at radius 2 is 2.41 bits per heavy atom. The Labute approximate surface area is 103 Å². The van der Waals surface area contributed by atoms with Gasteiger partial charge in [-0.3, -0.25) is 4.79 Å². The Hall–Kier alpha value is -1.11. The van der Waals surface area contributed by atoms with Crippen LogP contribution in [0.2, 0.25) is 0 Å². The fourth-order valence-electron chi connectivity index (χ4n) is 2.23. The fourth-order valence-corrected chi connectivity index (χ4v) is 3.45. The van der Waals surface area contributed by atoms with Crippen molar-refractivity contribution in [1.29, 1.82) is 0 Å². The summed E-state index contributed by atoms with van der Waals surface area (Å²) in [6.07, 6.45) is 2.56. The minimum absolute atomic E-state index is 0.389. The molecule has 0 spiro atoms. The summed E-state index contributed by atoms with van der Waals surface area (Å²) in [5.74, 6) is 2.71. The summed E-state index contributed by atoms with van der Waals surface area (Å²) in [4.78, 5) is 11.2. The van der Waals surface area contributed by atoms with E-state index in [9.17, 15) is 9.90 Å². The Morgan fingerprint density at radius 1 is 1.59 bits per heavy atom. The Morgan fingerprint density at radius 3 is 3.00 bits per heavy atom. The zero-order valence-corrected chi connectivity index (χ0v) is 10.2. The largest absolute Gasteiger partial charge is 0.481 e. The van der Waals surface area contributed by atoms with Gasteiger partial charge in [0.05, 0.1) is 12.0 Å². The molecule has 2 fully saturated rings. The molecule has 2 aliphatic rings. The average molecular weight is 254 g/mol. The summed E-state index contributed by atoms with van der Waals surface area (Å²) in [5.41, 5.74) is -0.601. The van der Waals surface area contributed by atoms with Gasteiger partial charge in [0.2, 0.25) is 0 Å². The smallest absolute Gasteiger partial charge is 0.311 e. The van der Waals surface area contributed by atoms with Gasteiger partial charge in [0.1, 0.15) is 0 Å². The van der Waals surface area contributed by atoms with Gasteiger partial charge in [-0.1, -0.05) is 0 Å². The lowest BCUT2D eigenvalue weighted by Crippen LogP contribution is -2.24. The number of carboxylic acids is 1. The van der Waals surface area contributed by atoms with Crippen LogP contribution in [0.15, 0.2) is 0 Å². The van der Waals surface area contributed by atoms with Gasteiger partial charge in [-0.05, 0) is 35.4 Å². The van der Waals surface area contributed by atoms with Crippen molar-refractivity contribution in [2.75, 3.05) is 11.5 Å². The van der Waals surface area contributed by atoms with Crippen LogP contribution < -0.4 is 0 Å². The molecule has 1 aromatic heterocycles.